The van der Waals surface area contributed by atoms with Gasteiger partial charge in [0, 0.05) is 10.0 Å². The first-order valence-corrected chi connectivity index (χ1v) is 5.15. The first-order valence-electron chi connectivity index (χ1n) is 3.57. The van der Waals surface area contributed by atoms with Crippen molar-refractivity contribution in [2.75, 3.05) is 6.61 Å². The van der Waals surface area contributed by atoms with Crippen LogP contribution in [0.4, 0.5) is 4.39 Å². The number of benzene rings is 1. The van der Waals surface area contributed by atoms with E-state index >= 15 is 0 Å². The summed E-state index contributed by atoms with van der Waals surface area (Å²) in [6.07, 6.45) is 0. The molecule has 1 unspecified atom stereocenters. The van der Waals surface area contributed by atoms with Crippen molar-refractivity contribution in [1.29, 1.82) is 0 Å². The van der Waals surface area contributed by atoms with Crippen LogP contribution in [0.5, 0.6) is 0 Å². The van der Waals surface area contributed by atoms with Gasteiger partial charge in [-0.1, -0.05) is 15.9 Å². The summed E-state index contributed by atoms with van der Waals surface area (Å²) >= 11 is 6.26. The van der Waals surface area contributed by atoms with Crippen molar-refractivity contribution >= 4 is 31.9 Å². The molecule has 5 heteroatoms. The Balaban J connectivity index is 3.20. The van der Waals surface area contributed by atoms with Crippen molar-refractivity contribution in [3.05, 3.63) is 32.5 Å². The van der Waals surface area contributed by atoms with E-state index in [0.29, 0.717) is 10.0 Å². The SMILES string of the molecule is NC(CO)c1cc(Br)cc(Br)c1F. The summed E-state index contributed by atoms with van der Waals surface area (Å²) in [6.45, 7) is -0.278. The van der Waals surface area contributed by atoms with E-state index in [4.69, 9.17) is 10.8 Å². The van der Waals surface area contributed by atoms with Crippen molar-refractivity contribution < 1.29 is 9.50 Å². The lowest BCUT2D eigenvalue weighted by Gasteiger charge is -2.11. The number of rotatable bonds is 2. The molecule has 1 aromatic rings. The monoisotopic (exact) mass is 311 g/mol. The summed E-state index contributed by atoms with van der Waals surface area (Å²) in [5.41, 5.74) is 5.80. The smallest absolute Gasteiger partial charge is 0.142 e. The molecule has 2 nitrogen and oxygen atoms in total. The van der Waals surface area contributed by atoms with E-state index in [1.165, 1.54) is 0 Å². The van der Waals surface area contributed by atoms with Crippen LogP contribution in [-0.4, -0.2) is 11.7 Å². The first-order chi connectivity index (χ1) is 6.06. The highest BCUT2D eigenvalue weighted by molar-refractivity contribution is 9.11. The lowest BCUT2D eigenvalue weighted by atomic mass is 10.1. The predicted molar refractivity (Wildman–Crippen MR) is 55.8 cm³/mol. The molecule has 0 spiro atoms. The lowest BCUT2D eigenvalue weighted by Crippen LogP contribution is -2.16. The fraction of sp³-hybridized carbons (Fsp3) is 0.250. The van der Waals surface area contributed by atoms with Crippen molar-refractivity contribution in [3.63, 3.8) is 0 Å². The molecule has 0 aliphatic rings. The Morgan fingerprint density at radius 3 is 2.62 bits per heavy atom. The number of aliphatic hydroxyl groups is 1. The molecule has 0 saturated carbocycles. The Bertz CT molecular complexity index is 319. The third kappa shape index (κ3) is 2.49. The maximum atomic E-state index is 13.4. The van der Waals surface area contributed by atoms with Gasteiger partial charge in [0.05, 0.1) is 17.1 Å². The molecule has 0 aliphatic carbocycles. The second-order valence-electron chi connectivity index (χ2n) is 2.58. The zero-order chi connectivity index (χ0) is 10.0. The van der Waals surface area contributed by atoms with Gasteiger partial charge in [-0.3, -0.25) is 0 Å². The van der Waals surface area contributed by atoms with Gasteiger partial charge in [0.1, 0.15) is 5.82 Å². The molecule has 0 fully saturated rings. The van der Waals surface area contributed by atoms with Crippen LogP contribution in [0.25, 0.3) is 0 Å². The molecule has 1 rings (SSSR count). The van der Waals surface area contributed by atoms with E-state index in [2.05, 4.69) is 31.9 Å². The summed E-state index contributed by atoms with van der Waals surface area (Å²) in [4.78, 5) is 0. The molecule has 0 amide bonds. The minimum Gasteiger partial charge on any atom is -0.394 e. The van der Waals surface area contributed by atoms with Crippen molar-refractivity contribution in [3.8, 4) is 0 Å². The quantitative estimate of drug-likeness (QED) is 0.823. The molecule has 0 radical (unpaired) electrons. The third-order valence-corrected chi connectivity index (χ3v) is 2.65. The minimum atomic E-state index is -0.686. The molecule has 13 heavy (non-hydrogen) atoms. The van der Waals surface area contributed by atoms with E-state index in [9.17, 15) is 4.39 Å². The van der Waals surface area contributed by atoms with E-state index in [-0.39, 0.29) is 6.61 Å². The summed E-state index contributed by atoms with van der Waals surface area (Å²) in [6, 6.07) is 2.46. The number of nitrogens with two attached hydrogens (primary N) is 1. The molecule has 0 saturated heterocycles. The molecular weight excluding hydrogens is 305 g/mol. The molecular formula is C8H8Br2FNO. The van der Waals surface area contributed by atoms with E-state index in [1.54, 1.807) is 12.1 Å². The zero-order valence-corrected chi connectivity index (χ0v) is 9.77. The molecule has 3 N–H and O–H groups in total. The average molecular weight is 313 g/mol. The van der Waals surface area contributed by atoms with Crippen LogP contribution in [0.15, 0.2) is 21.1 Å². The summed E-state index contributed by atoms with van der Waals surface area (Å²) in [5.74, 6) is -0.426. The number of hydrogen-bond donors (Lipinski definition) is 2. The number of aliphatic hydroxyl groups excluding tert-OH is 1. The highest BCUT2D eigenvalue weighted by atomic mass is 79.9. The first kappa shape index (κ1) is 11.1. The highest BCUT2D eigenvalue weighted by Gasteiger charge is 2.13. The van der Waals surface area contributed by atoms with Crippen LogP contribution in [-0.2, 0) is 0 Å². The Morgan fingerprint density at radius 1 is 1.46 bits per heavy atom. The molecule has 0 bridgehead atoms. The van der Waals surface area contributed by atoms with Crippen molar-refractivity contribution in [2.45, 2.75) is 6.04 Å². The van der Waals surface area contributed by atoms with E-state index in [0.717, 1.165) is 4.47 Å². The molecule has 0 aliphatic heterocycles. The van der Waals surface area contributed by atoms with Crippen LogP contribution in [0.1, 0.15) is 11.6 Å². The van der Waals surface area contributed by atoms with Gasteiger partial charge >= 0.3 is 0 Å². The largest absolute Gasteiger partial charge is 0.394 e. The van der Waals surface area contributed by atoms with Gasteiger partial charge in [-0.2, -0.15) is 0 Å². The summed E-state index contributed by atoms with van der Waals surface area (Å²) in [5, 5.41) is 8.77. The normalized spacial score (nSPS) is 13.0. The van der Waals surface area contributed by atoms with Crippen LogP contribution >= 0.6 is 31.9 Å². The highest BCUT2D eigenvalue weighted by Crippen LogP contribution is 2.27. The number of halogens is 3. The molecule has 0 heterocycles. The lowest BCUT2D eigenvalue weighted by molar-refractivity contribution is 0.265. The van der Waals surface area contributed by atoms with Crippen molar-refractivity contribution in [1.82, 2.24) is 0 Å². The molecule has 72 valence electrons. The topological polar surface area (TPSA) is 46.2 Å². The summed E-state index contributed by atoms with van der Waals surface area (Å²) < 4.78 is 14.4. The van der Waals surface area contributed by atoms with Gasteiger partial charge < -0.3 is 10.8 Å². The van der Waals surface area contributed by atoms with Crippen LogP contribution < -0.4 is 5.73 Å². The second kappa shape index (κ2) is 4.50. The molecule has 0 aromatic heterocycles. The van der Waals surface area contributed by atoms with Crippen molar-refractivity contribution in [2.24, 2.45) is 5.73 Å². The van der Waals surface area contributed by atoms with Crippen LogP contribution in [0.3, 0.4) is 0 Å². The van der Waals surface area contributed by atoms with Gasteiger partial charge in [0.15, 0.2) is 0 Å². The van der Waals surface area contributed by atoms with Gasteiger partial charge in [-0.25, -0.2) is 4.39 Å². The Kier molecular flexibility index (Phi) is 3.85. The summed E-state index contributed by atoms with van der Waals surface area (Å²) in [7, 11) is 0. The fourth-order valence-electron chi connectivity index (χ4n) is 0.944. The molecule has 1 aromatic carbocycles. The minimum absolute atomic E-state index is 0.278. The Labute approximate surface area is 92.2 Å². The Hall–Kier alpha value is 0.0300. The zero-order valence-electron chi connectivity index (χ0n) is 6.60. The van der Waals surface area contributed by atoms with Gasteiger partial charge in [0.25, 0.3) is 0 Å². The third-order valence-electron chi connectivity index (χ3n) is 1.62. The van der Waals surface area contributed by atoms with Gasteiger partial charge in [-0.15, -0.1) is 0 Å². The van der Waals surface area contributed by atoms with Crippen LogP contribution in [0.2, 0.25) is 0 Å². The standard InChI is InChI=1S/C8H8Br2FNO/c9-4-1-5(7(12)3-13)8(11)6(10)2-4/h1-2,7,13H,3,12H2. The number of hydrogen-bond acceptors (Lipinski definition) is 2. The van der Waals surface area contributed by atoms with Crippen LogP contribution in [0, 0.1) is 5.82 Å². The van der Waals surface area contributed by atoms with Gasteiger partial charge in [-0.05, 0) is 28.1 Å². The predicted octanol–water partition coefficient (Wildman–Crippen LogP) is 2.34. The Morgan fingerprint density at radius 2 is 2.08 bits per heavy atom. The average Bonchev–Trinajstić information content (AvgIpc) is 2.10. The van der Waals surface area contributed by atoms with E-state index < -0.39 is 11.9 Å². The van der Waals surface area contributed by atoms with E-state index in [1.807, 2.05) is 0 Å². The molecule has 1 atom stereocenters. The van der Waals surface area contributed by atoms with Gasteiger partial charge in [0.2, 0.25) is 0 Å². The fourth-order valence-corrected chi connectivity index (χ4v) is 2.20. The second-order valence-corrected chi connectivity index (χ2v) is 4.35. The maximum absolute atomic E-state index is 13.4. The maximum Gasteiger partial charge on any atom is 0.142 e.